The molecule has 18 aliphatic rings. The van der Waals surface area contributed by atoms with E-state index in [0.717, 1.165) is 180 Å². The van der Waals surface area contributed by atoms with E-state index in [0.29, 0.717) is 66.3 Å². The lowest BCUT2D eigenvalue weighted by Crippen LogP contribution is -2.51. The molecule has 6 atom stereocenters. The molecule has 5 aliphatic heterocycles. The molecule has 13 aliphatic carbocycles. The Morgan fingerprint density at radius 1 is 0.220 bits per heavy atom. The van der Waals surface area contributed by atoms with Crippen LogP contribution in [-0.2, 0) is 78.4 Å². The highest BCUT2D eigenvalue weighted by Crippen LogP contribution is 2.63. The summed E-state index contributed by atoms with van der Waals surface area (Å²) in [6, 6.07) is 64.0. The summed E-state index contributed by atoms with van der Waals surface area (Å²) in [5.74, 6) is 24.7. The van der Waals surface area contributed by atoms with Gasteiger partial charge >= 0.3 is 29.8 Å². The molecule has 12 bridgehead atoms. The summed E-state index contributed by atoms with van der Waals surface area (Å²) < 4.78 is 30.2. The van der Waals surface area contributed by atoms with Crippen molar-refractivity contribution in [3.8, 4) is 28.7 Å². The first-order valence-electron chi connectivity index (χ1n) is 51.9. The molecule has 5 saturated heterocycles. The van der Waals surface area contributed by atoms with E-state index >= 15 is 0 Å². The number of ether oxygens (including phenoxy) is 5. The molecular formula is C117H137O10S5+5. The lowest BCUT2D eigenvalue weighted by atomic mass is 9.49. The Bertz CT molecular complexity index is 5810. The maximum Gasteiger partial charge on any atom is 0.317 e. The number of fused-ring (bicyclic) bond motifs is 9. The summed E-state index contributed by atoms with van der Waals surface area (Å²) in [7, 11) is 1.80. The fourth-order valence-electron chi connectivity index (χ4n) is 28.8. The first-order valence-corrected chi connectivity index (χ1v) is 59.7. The number of hydrogen-bond acceptors (Lipinski definition) is 10. The van der Waals surface area contributed by atoms with Gasteiger partial charge in [0.1, 0.15) is 86.3 Å². The molecule has 6 unspecified atom stereocenters. The molecule has 15 heteroatoms. The number of hydrogen-bond donors (Lipinski definition) is 0. The standard InChI is InChI=1S/C26H31O2S.C25H29O2S.C23H27O2S.C22H25O2S.C21H25O2S/c27-25(26-15-18-12-19(16-26)14-20(13-18)17-26)28-23-8-9-24(29-10-4-1-5-11-29)22-7-3-2-6-21(22)23;26-24(25-14-17-11-18(15-25)13-19(12-17)16-25)27-22-7-8-23(28-9-3-4-10-28)21-6-2-1-5-20(21)22;24-23(20-15-16-8-9-17(20)14-16)25-21-10-11-22(26-12-4-1-5-13-26)19-7-3-2-6-18(19)21;23-22(19-14-15-7-8-16(19)13-15)24-20-9-10-21(25-11-3-4-12-25)18-6-2-1-5-17(18)20;22-21(16-8-2-1-3-9-16)23-19-12-13-20(24-14-6-7-15-24)18-11-5-4-10-17(18)19/h2-3,6-9,18-20H,1,4-5,10-17H2;1-2,5-8,17-19H,3-4,9-16H2;2-3,6-7,10-11,16-17,20H,1,4-5,8-9,12-15H2;1-2,5-6,9-10,15-16,19H,3-4,7-8,11-14H2;4-5,10-13,16H,1-3,6-9,14-15H2/q5*+1. The van der Waals surface area contributed by atoms with Crippen LogP contribution in [0.15, 0.2) is 206 Å². The predicted molar refractivity (Wildman–Crippen MR) is 546 cm³/mol. The predicted octanol–water partition coefficient (Wildman–Crippen LogP) is 27.2. The van der Waals surface area contributed by atoms with Crippen LogP contribution in [0.5, 0.6) is 28.7 Å². The molecule has 10 nitrogen and oxygen atoms in total. The van der Waals surface area contributed by atoms with Crippen LogP contribution in [0.1, 0.15) is 238 Å². The van der Waals surface area contributed by atoms with E-state index in [4.69, 9.17) is 23.7 Å². The molecule has 0 amide bonds. The quantitative estimate of drug-likeness (QED) is 0.0555. The molecule has 10 aromatic rings. The van der Waals surface area contributed by atoms with E-state index in [1.807, 2.05) is 18.2 Å². The molecule has 0 spiro atoms. The van der Waals surface area contributed by atoms with Gasteiger partial charge in [-0.15, -0.1) is 0 Å². The summed E-state index contributed by atoms with van der Waals surface area (Å²) in [4.78, 5) is 72.4. The third kappa shape index (κ3) is 18.9. The van der Waals surface area contributed by atoms with Crippen molar-refractivity contribution in [1.82, 2.24) is 0 Å². The first-order chi connectivity index (χ1) is 64.8. The topological polar surface area (TPSA) is 132 Å². The minimum atomic E-state index is -0.195. The van der Waals surface area contributed by atoms with Crippen molar-refractivity contribution in [3.63, 3.8) is 0 Å². The summed E-state index contributed by atoms with van der Waals surface area (Å²) in [6.45, 7) is 0. The number of esters is 5. The SMILES string of the molecule is O=C(Oc1ccc([S+]2CCCC2)c2ccccc12)C12CC3CC(CC(C3)C1)C2.O=C(Oc1ccc([S+]2CCCC2)c2ccccc12)C1CC2CCC1C2.O=C(Oc1ccc([S+]2CCCC2)c2ccccc12)C1CCCCC1.O=C(Oc1ccc([S+]2CCCCC2)c2ccccc12)C12CC3CC(CC(C3)C1)C2.O=C(Oc1ccc([S+]2CCCCC2)c2ccccc12)C1CC2CCC1C2. The van der Waals surface area contributed by atoms with Gasteiger partial charge in [0.25, 0.3) is 0 Å². The van der Waals surface area contributed by atoms with Crippen LogP contribution in [0.25, 0.3) is 53.9 Å². The van der Waals surface area contributed by atoms with Crippen molar-refractivity contribution >= 4 is 138 Å². The number of carbonyl (C=O) groups excluding carboxylic acids is 5. The van der Waals surface area contributed by atoms with E-state index in [1.165, 1.54) is 269 Å². The Hall–Kier alpha value is -7.40. The van der Waals surface area contributed by atoms with Gasteiger partial charge < -0.3 is 23.7 Å². The van der Waals surface area contributed by atoms with Crippen molar-refractivity contribution < 1.29 is 47.7 Å². The van der Waals surface area contributed by atoms with Crippen molar-refractivity contribution in [2.45, 2.75) is 262 Å². The number of rotatable bonds is 15. The largest absolute Gasteiger partial charge is 0.426 e. The van der Waals surface area contributed by atoms with E-state index in [2.05, 4.69) is 164 Å². The van der Waals surface area contributed by atoms with Gasteiger partial charge in [-0.2, -0.15) is 0 Å². The maximum atomic E-state index is 13.5. The lowest BCUT2D eigenvalue weighted by molar-refractivity contribution is -0.162. The van der Waals surface area contributed by atoms with Crippen LogP contribution < -0.4 is 23.7 Å². The average molecular weight is 1860 g/mol. The molecule has 0 aromatic heterocycles. The van der Waals surface area contributed by atoms with E-state index in [-0.39, 0.29) is 58.4 Å². The third-order valence-electron chi connectivity index (χ3n) is 34.4. The Balaban J connectivity index is 0.0000000966. The van der Waals surface area contributed by atoms with Crippen LogP contribution in [0, 0.1) is 87.8 Å². The summed E-state index contributed by atoms with van der Waals surface area (Å²) in [6.07, 6.45) is 45.9. The number of carbonyl (C=O) groups is 5. The molecule has 0 N–H and O–H groups in total. The summed E-state index contributed by atoms with van der Waals surface area (Å²) in [5, 5.41) is 12.0. The average Bonchev–Trinajstić information content (AvgIpc) is 0.952. The van der Waals surface area contributed by atoms with E-state index in [9.17, 15) is 24.0 Å². The molecule has 132 heavy (non-hydrogen) atoms. The van der Waals surface area contributed by atoms with Gasteiger partial charge in [-0.25, -0.2) is 0 Å². The second-order valence-corrected chi connectivity index (χ2v) is 54.3. The molecule has 28 rings (SSSR count). The fourth-order valence-corrected chi connectivity index (χ4v) is 41.2. The normalized spacial score (nSPS) is 29.3. The Labute approximate surface area is 797 Å². The first kappa shape index (κ1) is 89.8. The fraction of sp³-hybridized carbons (Fsp3) is 0.530. The van der Waals surface area contributed by atoms with E-state index in [1.54, 1.807) is 0 Å². The van der Waals surface area contributed by atoms with Crippen molar-refractivity contribution in [3.05, 3.63) is 182 Å². The highest BCUT2D eigenvalue weighted by atomic mass is 32.2. The van der Waals surface area contributed by atoms with Crippen molar-refractivity contribution in [1.29, 1.82) is 0 Å². The lowest BCUT2D eigenvalue weighted by Gasteiger charge is -2.55. The summed E-state index contributed by atoms with van der Waals surface area (Å²) in [5.41, 5.74) is -0.388. The van der Waals surface area contributed by atoms with Crippen molar-refractivity contribution in [2.24, 2.45) is 87.8 Å². The number of benzene rings is 10. The van der Waals surface area contributed by atoms with Crippen LogP contribution in [0.4, 0.5) is 0 Å². The second kappa shape index (κ2) is 40.0. The zero-order valence-electron chi connectivity index (χ0n) is 77.7. The smallest absolute Gasteiger partial charge is 0.317 e. The van der Waals surface area contributed by atoms with Crippen molar-refractivity contribution in [2.75, 3.05) is 57.5 Å². The van der Waals surface area contributed by atoms with E-state index < -0.39 is 0 Å². The molecule has 690 valence electrons. The van der Waals surface area contributed by atoms with Gasteiger partial charge in [0.2, 0.25) is 0 Å². The monoisotopic (exact) mass is 1860 g/mol. The highest BCUT2D eigenvalue weighted by molar-refractivity contribution is 7.98. The van der Waals surface area contributed by atoms with Gasteiger partial charge in [0.15, 0.2) is 24.5 Å². The highest BCUT2D eigenvalue weighted by Gasteiger charge is 2.58. The maximum absolute atomic E-state index is 13.5. The molecular weight excluding hydrogens is 1730 g/mol. The minimum absolute atomic E-state index is 0.00779. The second-order valence-electron chi connectivity index (χ2n) is 43.1. The zero-order valence-corrected chi connectivity index (χ0v) is 81.8. The van der Waals surface area contributed by atoms with Crippen LogP contribution in [0.3, 0.4) is 0 Å². The summed E-state index contributed by atoms with van der Waals surface area (Å²) >= 11 is 0. The zero-order chi connectivity index (χ0) is 88.8. The van der Waals surface area contributed by atoms with Gasteiger partial charge in [-0.1, -0.05) is 123 Å². The van der Waals surface area contributed by atoms with Crippen LogP contribution >= 0.6 is 0 Å². The van der Waals surface area contributed by atoms with Gasteiger partial charge in [0, 0.05) is 108 Å². The molecule has 18 fully saturated rings. The van der Waals surface area contributed by atoms with Gasteiger partial charge in [0.05, 0.1) is 28.6 Å². The Morgan fingerprint density at radius 3 is 0.705 bits per heavy atom. The molecule has 5 heterocycles. The third-order valence-corrected chi connectivity index (χ3v) is 47.1. The van der Waals surface area contributed by atoms with Gasteiger partial charge in [-0.05, 0) is 356 Å². The Kier molecular flexibility index (Phi) is 27.2. The van der Waals surface area contributed by atoms with Crippen LogP contribution in [-0.4, -0.2) is 87.4 Å². The molecule has 10 aromatic carbocycles. The molecule has 13 saturated carbocycles. The van der Waals surface area contributed by atoms with Gasteiger partial charge in [-0.3, -0.25) is 24.0 Å². The molecule has 0 radical (unpaired) electrons. The van der Waals surface area contributed by atoms with Crippen LogP contribution in [0.2, 0.25) is 0 Å². The minimum Gasteiger partial charge on any atom is -0.426 e. The Morgan fingerprint density at radius 2 is 0.455 bits per heavy atom.